The summed E-state index contributed by atoms with van der Waals surface area (Å²) in [6.07, 6.45) is 1.67. The molecule has 0 saturated heterocycles. The SMILES string of the molecule is O=[N+]([O-])c1ccccc1-c1nc(-c2ccccn2)nc2ccccc12. The summed E-state index contributed by atoms with van der Waals surface area (Å²) in [7, 11) is 0. The van der Waals surface area contributed by atoms with Gasteiger partial charge < -0.3 is 0 Å². The summed E-state index contributed by atoms with van der Waals surface area (Å²) in [5, 5.41) is 12.2. The van der Waals surface area contributed by atoms with Crippen LogP contribution in [0.15, 0.2) is 72.9 Å². The van der Waals surface area contributed by atoms with Crippen molar-refractivity contribution in [1.29, 1.82) is 0 Å². The van der Waals surface area contributed by atoms with E-state index in [0.29, 0.717) is 28.3 Å². The molecule has 0 aliphatic carbocycles. The van der Waals surface area contributed by atoms with Crippen LogP contribution in [0.2, 0.25) is 0 Å². The summed E-state index contributed by atoms with van der Waals surface area (Å²) in [5.74, 6) is 0.437. The van der Waals surface area contributed by atoms with Crippen LogP contribution in [-0.2, 0) is 0 Å². The van der Waals surface area contributed by atoms with Crippen molar-refractivity contribution >= 4 is 16.6 Å². The molecule has 0 aliphatic heterocycles. The van der Waals surface area contributed by atoms with Crippen molar-refractivity contribution in [2.75, 3.05) is 0 Å². The molecular weight excluding hydrogens is 316 g/mol. The Bertz CT molecular complexity index is 1080. The molecule has 25 heavy (non-hydrogen) atoms. The van der Waals surface area contributed by atoms with Crippen LogP contribution in [0, 0.1) is 10.1 Å². The van der Waals surface area contributed by atoms with Crippen LogP contribution in [0.3, 0.4) is 0 Å². The molecule has 2 aromatic heterocycles. The van der Waals surface area contributed by atoms with Crippen LogP contribution < -0.4 is 0 Å². The Morgan fingerprint density at radius 2 is 1.60 bits per heavy atom. The first kappa shape index (κ1) is 14.9. The fraction of sp³-hybridized carbons (Fsp3) is 0. The monoisotopic (exact) mass is 328 g/mol. The molecule has 4 rings (SSSR count). The molecule has 6 nitrogen and oxygen atoms in total. The lowest BCUT2D eigenvalue weighted by Gasteiger charge is -2.09. The van der Waals surface area contributed by atoms with Crippen molar-refractivity contribution in [2.24, 2.45) is 0 Å². The summed E-state index contributed by atoms with van der Waals surface area (Å²) < 4.78 is 0. The Balaban J connectivity index is 2.05. The zero-order chi connectivity index (χ0) is 17.2. The fourth-order valence-electron chi connectivity index (χ4n) is 2.72. The topological polar surface area (TPSA) is 81.8 Å². The van der Waals surface area contributed by atoms with Crippen molar-refractivity contribution in [3.63, 3.8) is 0 Å². The maximum absolute atomic E-state index is 11.4. The van der Waals surface area contributed by atoms with E-state index in [1.54, 1.807) is 24.4 Å². The van der Waals surface area contributed by atoms with Crippen molar-refractivity contribution < 1.29 is 4.92 Å². The first-order valence-corrected chi connectivity index (χ1v) is 7.66. The van der Waals surface area contributed by atoms with Crippen molar-refractivity contribution in [2.45, 2.75) is 0 Å². The molecule has 2 heterocycles. The van der Waals surface area contributed by atoms with Gasteiger partial charge in [-0.25, -0.2) is 9.97 Å². The Hall–Kier alpha value is -3.67. The van der Waals surface area contributed by atoms with E-state index < -0.39 is 4.92 Å². The lowest BCUT2D eigenvalue weighted by molar-refractivity contribution is -0.384. The number of hydrogen-bond donors (Lipinski definition) is 0. The molecule has 2 aromatic carbocycles. The molecule has 0 atom stereocenters. The first-order valence-electron chi connectivity index (χ1n) is 7.66. The molecule has 0 aliphatic rings. The Morgan fingerprint density at radius 3 is 2.40 bits per heavy atom. The second-order valence-electron chi connectivity index (χ2n) is 5.40. The van der Waals surface area contributed by atoms with Gasteiger partial charge in [0.1, 0.15) is 5.69 Å². The minimum absolute atomic E-state index is 0.0123. The average Bonchev–Trinajstić information content (AvgIpc) is 2.68. The number of hydrogen-bond acceptors (Lipinski definition) is 5. The van der Waals surface area contributed by atoms with E-state index in [1.807, 2.05) is 42.5 Å². The van der Waals surface area contributed by atoms with Gasteiger partial charge >= 0.3 is 0 Å². The summed E-state index contributed by atoms with van der Waals surface area (Å²) in [4.78, 5) is 24.5. The molecule has 0 spiro atoms. The third-order valence-electron chi connectivity index (χ3n) is 3.85. The van der Waals surface area contributed by atoms with Gasteiger partial charge in [-0.3, -0.25) is 15.1 Å². The van der Waals surface area contributed by atoms with Gasteiger partial charge in [-0.05, 0) is 24.3 Å². The van der Waals surface area contributed by atoms with Crippen molar-refractivity contribution in [3.05, 3.63) is 83.0 Å². The molecule has 4 aromatic rings. The summed E-state index contributed by atoms with van der Waals surface area (Å²) in [6, 6.07) is 19.5. The lowest BCUT2D eigenvalue weighted by atomic mass is 10.0. The number of benzene rings is 2. The number of nitrogens with zero attached hydrogens (tertiary/aromatic N) is 4. The highest BCUT2D eigenvalue weighted by Crippen LogP contribution is 2.34. The number of rotatable bonds is 3. The Labute approximate surface area is 143 Å². The van der Waals surface area contributed by atoms with E-state index in [0.717, 1.165) is 5.39 Å². The van der Waals surface area contributed by atoms with Crippen molar-refractivity contribution in [1.82, 2.24) is 15.0 Å². The summed E-state index contributed by atoms with van der Waals surface area (Å²) in [5.41, 5.74) is 2.33. The molecule has 0 fully saturated rings. The van der Waals surface area contributed by atoms with Crippen LogP contribution in [0.4, 0.5) is 5.69 Å². The summed E-state index contributed by atoms with van der Waals surface area (Å²) >= 11 is 0. The molecule has 0 amide bonds. The van der Waals surface area contributed by atoms with Crippen LogP contribution >= 0.6 is 0 Å². The maximum Gasteiger partial charge on any atom is 0.278 e. The van der Waals surface area contributed by atoms with Gasteiger partial charge in [0.05, 0.1) is 21.7 Å². The second-order valence-corrected chi connectivity index (χ2v) is 5.40. The molecule has 0 unspecified atom stereocenters. The first-order chi connectivity index (χ1) is 12.2. The van der Waals surface area contributed by atoms with Gasteiger partial charge in [0.25, 0.3) is 5.69 Å². The van der Waals surface area contributed by atoms with Gasteiger partial charge in [0.15, 0.2) is 5.82 Å². The largest absolute Gasteiger partial charge is 0.278 e. The average molecular weight is 328 g/mol. The fourth-order valence-corrected chi connectivity index (χ4v) is 2.72. The van der Waals surface area contributed by atoms with E-state index in [-0.39, 0.29) is 5.69 Å². The summed E-state index contributed by atoms with van der Waals surface area (Å²) in [6.45, 7) is 0. The molecule has 0 N–H and O–H groups in total. The molecule has 120 valence electrons. The van der Waals surface area contributed by atoms with Crippen molar-refractivity contribution in [3.8, 4) is 22.8 Å². The highest BCUT2D eigenvalue weighted by atomic mass is 16.6. The molecule has 0 radical (unpaired) electrons. The van der Waals surface area contributed by atoms with Crippen LogP contribution in [0.25, 0.3) is 33.7 Å². The number of aromatic nitrogens is 3. The van der Waals surface area contributed by atoms with E-state index >= 15 is 0 Å². The number of pyridine rings is 1. The normalized spacial score (nSPS) is 10.7. The zero-order valence-electron chi connectivity index (χ0n) is 13.0. The van der Waals surface area contributed by atoms with E-state index in [9.17, 15) is 10.1 Å². The van der Waals surface area contributed by atoms with Gasteiger partial charge in [-0.2, -0.15) is 0 Å². The minimum Gasteiger partial charge on any atom is -0.258 e. The standard InChI is InChI=1S/C19H12N4O2/c24-23(25)17-11-4-2-8-14(17)18-13-7-1-3-9-15(13)21-19(22-18)16-10-5-6-12-20-16/h1-12H. The highest BCUT2D eigenvalue weighted by Gasteiger charge is 2.19. The lowest BCUT2D eigenvalue weighted by Crippen LogP contribution is -1.98. The van der Waals surface area contributed by atoms with Crippen LogP contribution in [0.1, 0.15) is 0 Å². The smallest absolute Gasteiger partial charge is 0.258 e. The van der Waals surface area contributed by atoms with Crippen LogP contribution in [0.5, 0.6) is 0 Å². The third kappa shape index (κ3) is 2.70. The number of para-hydroxylation sites is 2. The van der Waals surface area contributed by atoms with E-state index in [2.05, 4.69) is 15.0 Å². The molecule has 0 bridgehead atoms. The Morgan fingerprint density at radius 1 is 0.840 bits per heavy atom. The van der Waals surface area contributed by atoms with E-state index in [4.69, 9.17) is 0 Å². The van der Waals surface area contributed by atoms with Crippen LogP contribution in [-0.4, -0.2) is 19.9 Å². The second kappa shape index (κ2) is 6.09. The predicted octanol–water partition coefficient (Wildman–Crippen LogP) is 4.27. The number of nitro benzene ring substituents is 1. The number of fused-ring (bicyclic) bond motifs is 1. The maximum atomic E-state index is 11.4. The van der Waals surface area contributed by atoms with Gasteiger partial charge in [0, 0.05) is 17.6 Å². The molecule has 0 saturated carbocycles. The van der Waals surface area contributed by atoms with Gasteiger partial charge in [-0.15, -0.1) is 0 Å². The quantitative estimate of drug-likeness (QED) is 0.414. The molecule has 6 heteroatoms. The molecular formula is C19H12N4O2. The third-order valence-corrected chi connectivity index (χ3v) is 3.85. The van der Waals surface area contributed by atoms with E-state index in [1.165, 1.54) is 6.07 Å². The Kier molecular flexibility index (Phi) is 3.63. The minimum atomic E-state index is -0.396. The highest BCUT2D eigenvalue weighted by molar-refractivity contribution is 5.95. The van der Waals surface area contributed by atoms with Gasteiger partial charge in [0.2, 0.25) is 0 Å². The predicted molar refractivity (Wildman–Crippen MR) is 94.9 cm³/mol. The number of nitro groups is 1. The van der Waals surface area contributed by atoms with Gasteiger partial charge in [-0.1, -0.05) is 36.4 Å². The zero-order valence-corrected chi connectivity index (χ0v) is 13.0.